The molecule has 0 aliphatic carbocycles. The normalized spacial score (nSPS) is 11.5. The number of nitrogens with zero attached hydrogens (tertiary/aromatic N) is 1. The first-order valence-corrected chi connectivity index (χ1v) is 9.59. The molecule has 0 unspecified atom stereocenters. The van der Waals surface area contributed by atoms with Gasteiger partial charge in [-0.15, -0.1) is 0 Å². The molecular formula is C16H20ClN3O4S. The maximum atomic E-state index is 12.2. The Morgan fingerprint density at radius 2 is 2.04 bits per heavy atom. The van der Waals surface area contributed by atoms with Crippen LogP contribution in [0.3, 0.4) is 0 Å². The topological polar surface area (TPSA) is 101 Å². The molecule has 0 saturated heterocycles. The van der Waals surface area contributed by atoms with Crippen LogP contribution < -0.4 is 10.0 Å². The monoisotopic (exact) mass is 385 g/mol. The fourth-order valence-corrected chi connectivity index (χ4v) is 3.93. The third kappa shape index (κ3) is 5.55. The van der Waals surface area contributed by atoms with Crippen molar-refractivity contribution in [2.24, 2.45) is 0 Å². The van der Waals surface area contributed by atoms with Crippen molar-refractivity contribution in [1.82, 2.24) is 15.2 Å². The molecule has 2 aromatic rings. The lowest BCUT2D eigenvalue weighted by Crippen LogP contribution is -2.32. The molecule has 0 radical (unpaired) electrons. The molecule has 0 bridgehead atoms. The van der Waals surface area contributed by atoms with Crippen LogP contribution in [0.2, 0.25) is 5.02 Å². The van der Waals surface area contributed by atoms with Crippen LogP contribution in [-0.2, 0) is 21.2 Å². The molecule has 9 heteroatoms. The van der Waals surface area contributed by atoms with Gasteiger partial charge in [0.2, 0.25) is 15.9 Å². The maximum absolute atomic E-state index is 12.2. The van der Waals surface area contributed by atoms with E-state index in [1.807, 2.05) is 18.2 Å². The second-order valence-corrected chi connectivity index (χ2v) is 7.67. The minimum absolute atomic E-state index is 0.00457. The summed E-state index contributed by atoms with van der Waals surface area (Å²) < 4.78 is 31.6. The number of sulfonamides is 1. The van der Waals surface area contributed by atoms with Gasteiger partial charge in [0.25, 0.3) is 0 Å². The number of hydrogen-bond donors (Lipinski definition) is 2. The van der Waals surface area contributed by atoms with Gasteiger partial charge in [-0.05, 0) is 38.0 Å². The minimum Gasteiger partial charge on any atom is -0.360 e. The van der Waals surface area contributed by atoms with E-state index in [-0.39, 0.29) is 35.2 Å². The van der Waals surface area contributed by atoms with Crippen LogP contribution in [0.1, 0.15) is 23.4 Å². The van der Waals surface area contributed by atoms with Gasteiger partial charge in [0.1, 0.15) is 10.6 Å². The Morgan fingerprint density at radius 3 is 2.68 bits per heavy atom. The highest BCUT2D eigenvalue weighted by molar-refractivity contribution is 7.89. The number of benzene rings is 1. The highest BCUT2D eigenvalue weighted by Gasteiger charge is 2.23. The summed E-state index contributed by atoms with van der Waals surface area (Å²) in [4.78, 5) is 11.8. The molecule has 0 fully saturated rings. The van der Waals surface area contributed by atoms with Crippen LogP contribution in [0.5, 0.6) is 0 Å². The number of carbonyl (C=O) groups excluding carboxylic acids is 1. The zero-order valence-corrected chi connectivity index (χ0v) is 15.6. The average molecular weight is 386 g/mol. The van der Waals surface area contributed by atoms with Gasteiger partial charge in [-0.1, -0.05) is 28.9 Å². The first-order valence-electron chi connectivity index (χ1n) is 7.73. The van der Waals surface area contributed by atoms with Crippen LogP contribution in [-0.4, -0.2) is 32.6 Å². The van der Waals surface area contributed by atoms with E-state index in [2.05, 4.69) is 15.2 Å². The van der Waals surface area contributed by atoms with Crippen molar-refractivity contribution in [2.45, 2.75) is 31.6 Å². The lowest BCUT2D eigenvalue weighted by atomic mass is 10.1. The minimum atomic E-state index is -3.74. The van der Waals surface area contributed by atoms with Gasteiger partial charge < -0.3 is 9.84 Å². The summed E-state index contributed by atoms with van der Waals surface area (Å²) in [6.45, 7) is 3.52. The summed E-state index contributed by atoms with van der Waals surface area (Å²) in [7, 11) is -3.74. The predicted molar refractivity (Wildman–Crippen MR) is 93.9 cm³/mol. The molecule has 1 aromatic heterocycles. The summed E-state index contributed by atoms with van der Waals surface area (Å²) in [5, 5.41) is 7.02. The zero-order chi connectivity index (χ0) is 18.4. The van der Waals surface area contributed by atoms with Crippen LogP contribution >= 0.6 is 11.6 Å². The number of rotatable bonds is 8. The van der Waals surface area contributed by atoms with Crippen molar-refractivity contribution in [3.63, 3.8) is 0 Å². The van der Waals surface area contributed by atoms with E-state index in [0.29, 0.717) is 18.0 Å². The molecule has 2 rings (SSSR count). The molecule has 136 valence electrons. The molecule has 1 amide bonds. The third-order valence-corrected chi connectivity index (χ3v) is 5.45. The van der Waals surface area contributed by atoms with Crippen LogP contribution in [0, 0.1) is 13.8 Å². The summed E-state index contributed by atoms with van der Waals surface area (Å²) in [6.07, 6.45) is 0.690. The molecule has 0 saturated carbocycles. The molecule has 0 atom stereocenters. The van der Waals surface area contributed by atoms with Crippen molar-refractivity contribution >= 4 is 27.5 Å². The van der Waals surface area contributed by atoms with Crippen molar-refractivity contribution in [2.75, 3.05) is 13.1 Å². The lowest BCUT2D eigenvalue weighted by molar-refractivity contribution is -0.120. The molecule has 7 nitrogen and oxygen atoms in total. The number of hydrogen-bond acceptors (Lipinski definition) is 5. The SMILES string of the molecule is Cc1noc(C)c1S(=O)(=O)NCCC(=O)NCCc1cccc(Cl)c1. The highest BCUT2D eigenvalue weighted by Crippen LogP contribution is 2.18. The average Bonchev–Trinajstić information content (AvgIpc) is 2.87. The molecule has 1 aromatic carbocycles. The van der Waals surface area contributed by atoms with Crippen LogP contribution in [0.15, 0.2) is 33.7 Å². The van der Waals surface area contributed by atoms with Gasteiger partial charge in [0.15, 0.2) is 5.76 Å². The second kappa shape index (κ2) is 8.46. The fourth-order valence-electron chi connectivity index (χ4n) is 2.36. The number of amides is 1. The van der Waals surface area contributed by atoms with Crippen molar-refractivity contribution in [3.8, 4) is 0 Å². The van der Waals surface area contributed by atoms with Gasteiger partial charge >= 0.3 is 0 Å². The molecular weight excluding hydrogens is 366 g/mol. The third-order valence-electron chi connectivity index (χ3n) is 3.51. The number of halogens is 1. The van der Waals surface area contributed by atoms with Gasteiger partial charge in [-0.3, -0.25) is 4.79 Å². The Hall–Kier alpha value is -1.90. The first-order chi connectivity index (χ1) is 11.8. The molecule has 25 heavy (non-hydrogen) atoms. The molecule has 1 heterocycles. The van der Waals surface area contributed by atoms with Gasteiger partial charge in [-0.25, -0.2) is 13.1 Å². The Bertz CT molecular complexity index is 829. The Balaban J connectivity index is 1.75. The number of aromatic nitrogens is 1. The van der Waals surface area contributed by atoms with Gasteiger partial charge in [0.05, 0.1) is 0 Å². The van der Waals surface area contributed by atoms with E-state index in [0.717, 1.165) is 5.56 Å². The molecule has 2 N–H and O–H groups in total. The maximum Gasteiger partial charge on any atom is 0.245 e. The first kappa shape index (κ1) is 19.4. The molecule has 0 aliphatic rings. The smallest absolute Gasteiger partial charge is 0.245 e. The van der Waals surface area contributed by atoms with E-state index in [4.69, 9.17) is 16.1 Å². The summed E-state index contributed by atoms with van der Waals surface area (Å²) in [5.74, 6) is -0.0144. The second-order valence-electron chi connectivity index (χ2n) is 5.53. The number of carbonyl (C=O) groups is 1. The summed E-state index contributed by atoms with van der Waals surface area (Å²) >= 11 is 5.90. The zero-order valence-electron chi connectivity index (χ0n) is 14.0. The van der Waals surface area contributed by atoms with Gasteiger partial charge in [-0.2, -0.15) is 0 Å². The van der Waals surface area contributed by atoms with E-state index in [1.165, 1.54) is 6.92 Å². The van der Waals surface area contributed by atoms with Crippen LogP contribution in [0.4, 0.5) is 0 Å². The standard InChI is InChI=1S/C16H20ClN3O4S/c1-11-16(12(2)24-20-11)25(22,23)19-9-7-15(21)18-8-6-13-4-3-5-14(17)10-13/h3-5,10,19H,6-9H2,1-2H3,(H,18,21). The largest absolute Gasteiger partial charge is 0.360 e. The van der Waals surface area contributed by atoms with E-state index in [9.17, 15) is 13.2 Å². The van der Waals surface area contributed by atoms with Crippen LogP contribution in [0.25, 0.3) is 0 Å². The van der Waals surface area contributed by atoms with E-state index < -0.39 is 10.0 Å². The Kier molecular flexibility index (Phi) is 6.57. The number of nitrogens with one attached hydrogen (secondary N) is 2. The van der Waals surface area contributed by atoms with Crippen molar-refractivity contribution in [1.29, 1.82) is 0 Å². The Morgan fingerprint density at radius 1 is 1.28 bits per heavy atom. The quantitative estimate of drug-likeness (QED) is 0.723. The van der Waals surface area contributed by atoms with E-state index in [1.54, 1.807) is 13.0 Å². The fraction of sp³-hybridized carbons (Fsp3) is 0.375. The summed E-state index contributed by atoms with van der Waals surface area (Å²) in [6, 6.07) is 7.40. The van der Waals surface area contributed by atoms with Crippen molar-refractivity contribution in [3.05, 3.63) is 46.3 Å². The molecule has 0 spiro atoms. The van der Waals surface area contributed by atoms with Gasteiger partial charge in [0, 0.05) is 24.5 Å². The lowest BCUT2D eigenvalue weighted by Gasteiger charge is -2.07. The summed E-state index contributed by atoms with van der Waals surface area (Å²) in [5.41, 5.74) is 1.31. The van der Waals surface area contributed by atoms with Crippen molar-refractivity contribution < 1.29 is 17.7 Å². The molecule has 0 aliphatic heterocycles. The highest BCUT2D eigenvalue weighted by atomic mass is 35.5. The predicted octanol–water partition coefficient (Wildman–Crippen LogP) is 1.97. The Labute approximate surface area is 151 Å². The van der Waals surface area contributed by atoms with E-state index >= 15 is 0 Å². The number of aryl methyl sites for hydroxylation is 2.